The van der Waals surface area contributed by atoms with Crippen molar-refractivity contribution in [3.63, 3.8) is 0 Å². The Hall–Kier alpha value is -0.450. The summed E-state index contributed by atoms with van der Waals surface area (Å²) in [6, 6.07) is 5.18. The normalized spacial score (nSPS) is 26.7. The van der Waals surface area contributed by atoms with Crippen LogP contribution in [0.1, 0.15) is 30.6 Å². The Bertz CT molecular complexity index is 316. The predicted molar refractivity (Wildman–Crippen MR) is 60.0 cm³/mol. The summed E-state index contributed by atoms with van der Waals surface area (Å²) in [5.41, 5.74) is 8.90. The van der Waals surface area contributed by atoms with Crippen LogP contribution in [-0.4, -0.2) is 11.0 Å². The van der Waals surface area contributed by atoms with Gasteiger partial charge in [0.05, 0.1) is 5.69 Å². The van der Waals surface area contributed by atoms with Crippen LogP contribution >= 0.6 is 15.9 Å². The summed E-state index contributed by atoms with van der Waals surface area (Å²) >= 11 is 3.41. The molecule has 0 saturated carbocycles. The minimum atomic E-state index is 0.422. The van der Waals surface area contributed by atoms with Crippen LogP contribution in [0.25, 0.3) is 0 Å². The highest BCUT2D eigenvalue weighted by Crippen LogP contribution is 2.22. The van der Waals surface area contributed by atoms with Gasteiger partial charge in [0, 0.05) is 23.6 Å². The summed E-state index contributed by atoms with van der Waals surface area (Å²) in [7, 11) is 0. The van der Waals surface area contributed by atoms with E-state index in [2.05, 4.69) is 50.8 Å². The van der Waals surface area contributed by atoms with Crippen molar-refractivity contribution in [2.45, 2.75) is 30.8 Å². The molecule has 76 valence electrons. The fourth-order valence-corrected chi connectivity index (χ4v) is 2.03. The number of nitrogens with one attached hydrogen (secondary N) is 2. The number of nitrogens with zero attached hydrogens (tertiary/aromatic N) is 1. The van der Waals surface area contributed by atoms with E-state index in [4.69, 9.17) is 0 Å². The Balaban J connectivity index is 2.15. The Labute approximate surface area is 92.4 Å². The second-order valence-electron chi connectivity index (χ2n) is 3.69. The van der Waals surface area contributed by atoms with Crippen molar-refractivity contribution in [1.82, 2.24) is 15.8 Å². The molecule has 1 saturated heterocycles. The van der Waals surface area contributed by atoms with Gasteiger partial charge in [0.25, 0.3) is 0 Å². The van der Waals surface area contributed by atoms with Crippen molar-refractivity contribution in [2.24, 2.45) is 0 Å². The highest BCUT2D eigenvalue weighted by Gasteiger charge is 2.21. The molecule has 1 aliphatic rings. The van der Waals surface area contributed by atoms with Crippen LogP contribution in [0.2, 0.25) is 0 Å². The second kappa shape index (κ2) is 4.38. The Kier molecular flexibility index (Phi) is 3.15. The Morgan fingerprint density at radius 3 is 3.07 bits per heavy atom. The van der Waals surface area contributed by atoms with Crippen molar-refractivity contribution in [3.05, 3.63) is 29.6 Å². The minimum absolute atomic E-state index is 0.422. The lowest BCUT2D eigenvalue weighted by atomic mass is 10.0. The van der Waals surface area contributed by atoms with Gasteiger partial charge in [-0.2, -0.15) is 0 Å². The lowest BCUT2D eigenvalue weighted by Gasteiger charge is -2.09. The van der Waals surface area contributed by atoms with E-state index < -0.39 is 0 Å². The number of aromatic nitrogens is 1. The second-order valence-corrected chi connectivity index (χ2v) is 4.25. The number of alkyl halides is 1. The third kappa shape index (κ3) is 2.13. The van der Waals surface area contributed by atoms with Gasteiger partial charge in [-0.25, -0.2) is 0 Å². The van der Waals surface area contributed by atoms with E-state index in [1.165, 1.54) is 5.56 Å². The van der Waals surface area contributed by atoms with Gasteiger partial charge in [0.1, 0.15) is 0 Å². The molecule has 0 aromatic carbocycles. The fourth-order valence-electron chi connectivity index (χ4n) is 1.72. The van der Waals surface area contributed by atoms with Gasteiger partial charge in [-0.05, 0) is 31.0 Å². The van der Waals surface area contributed by atoms with Gasteiger partial charge in [0.2, 0.25) is 0 Å². The zero-order chi connectivity index (χ0) is 9.97. The number of hydrogen-bond acceptors (Lipinski definition) is 3. The number of hydrazine groups is 1. The van der Waals surface area contributed by atoms with Crippen LogP contribution in [-0.2, 0) is 5.33 Å². The van der Waals surface area contributed by atoms with Crippen LogP contribution in [0.3, 0.4) is 0 Å². The van der Waals surface area contributed by atoms with Crippen LogP contribution in [0.4, 0.5) is 0 Å². The average Bonchev–Trinajstić information content (AvgIpc) is 2.65. The molecule has 1 aromatic heterocycles. The summed E-state index contributed by atoms with van der Waals surface area (Å²) in [4.78, 5) is 4.25. The Morgan fingerprint density at radius 2 is 2.43 bits per heavy atom. The smallest absolute Gasteiger partial charge is 0.0512 e. The van der Waals surface area contributed by atoms with Crippen LogP contribution in [0.15, 0.2) is 18.3 Å². The molecule has 0 aliphatic carbocycles. The largest absolute Gasteiger partial charge is 0.260 e. The molecule has 14 heavy (non-hydrogen) atoms. The van der Waals surface area contributed by atoms with Crippen molar-refractivity contribution < 1.29 is 0 Å². The lowest BCUT2D eigenvalue weighted by Crippen LogP contribution is -2.28. The molecule has 3 nitrogen and oxygen atoms in total. The zero-order valence-corrected chi connectivity index (χ0v) is 9.71. The third-order valence-corrected chi connectivity index (χ3v) is 3.05. The number of hydrogen-bond donors (Lipinski definition) is 2. The van der Waals surface area contributed by atoms with Gasteiger partial charge in [-0.15, -0.1) is 0 Å². The highest BCUT2D eigenvalue weighted by atomic mass is 79.9. The van der Waals surface area contributed by atoms with E-state index >= 15 is 0 Å². The summed E-state index contributed by atoms with van der Waals surface area (Å²) in [5, 5.41) is 0.816. The quantitative estimate of drug-likeness (QED) is 0.793. The van der Waals surface area contributed by atoms with Gasteiger partial charge in [-0.1, -0.05) is 15.9 Å². The Morgan fingerprint density at radius 1 is 1.57 bits per heavy atom. The van der Waals surface area contributed by atoms with Crippen molar-refractivity contribution in [2.75, 3.05) is 0 Å². The van der Waals surface area contributed by atoms with E-state index in [1.54, 1.807) is 0 Å². The molecular weight excluding hydrogens is 242 g/mol. The monoisotopic (exact) mass is 255 g/mol. The molecule has 0 bridgehead atoms. The summed E-state index contributed by atoms with van der Waals surface area (Å²) in [6.07, 6.45) is 3.00. The number of rotatable bonds is 2. The molecule has 1 aromatic rings. The van der Waals surface area contributed by atoms with E-state index in [1.807, 2.05) is 6.20 Å². The van der Waals surface area contributed by atoms with Gasteiger partial charge < -0.3 is 0 Å². The minimum Gasteiger partial charge on any atom is -0.260 e. The molecule has 1 fully saturated rings. The first-order chi connectivity index (χ1) is 6.79. The molecule has 1 aliphatic heterocycles. The number of pyridine rings is 1. The molecule has 2 heterocycles. The molecule has 2 unspecified atom stereocenters. The van der Waals surface area contributed by atoms with Crippen LogP contribution < -0.4 is 10.9 Å². The zero-order valence-electron chi connectivity index (χ0n) is 8.13. The average molecular weight is 256 g/mol. The van der Waals surface area contributed by atoms with E-state index in [0.717, 1.165) is 17.4 Å². The third-order valence-electron chi connectivity index (χ3n) is 2.47. The molecule has 0 radical (unpaired) electrons. The van der Waals surface area contributed by atoms with Crippen LogP contribution in [0.5, 0.6) is 0 Å². The van der Waals surface area contributed by atoms with E-state index in [0.29, 0.717) is 12.1 Å². The van der Waals surface area contributed by atoms with Gasteiger partial charge >= 0.3 is 0 Å². The topological polar surface area (TPSA) is 37.0 Å². The highest BCUT2D eigenvalue weighted by molar-refractivity contribution is 9.08. The summed E-state index contributed by atoms with van der Waals surface area (Å²) in [5.74, 6) is 0. The molecule has 0 spiro atoms. The number of halogens is 1. The summed E-state index contributed by atoms with van der Waals surface area (Å²) < 4.78 is 0. The van der Waals surface area contributed by atoms with E-state index in [-0.39, 0.29) is 0 Å². The standard InChI is InChI=1S/C10H14BrN3/c1-7-4-10(14-13-7)8-2-3-12-9(5-8)6-11/h2-3,5,7,10,13-14H,4,6H2,1H3. The maximum Gasteiger partial charge on any atom is 0.0512 e. The van der Waals surface area contributed by atoms with Gasteiger partial charge in [0.15, 0.2) is 0 Å². The predicted octanol–water partition coefficient (Wildman–Crippen LogP) is 1.90. The van der Waals surface area contributed by atoms with Crippen molar-refractivity contribution in [3.8, 4) is 0 Å². The molecule has 2 atom stereocenters. The first-order valence-corrected chi connectivity index (χ1v) is 5.93. The fraction of sp³-hybridized carbons (Fsp3) is 0.500. The lowest BCUT2D eigenvalue weighted by molar-refractivity contribution is 0.560. The summed E-state index contributed by atoms with van der Waals surface area (Å²) in [6.45, 7) is 2.18. The SMILES string of the molecule is CC1CC(c2ccnc(CBr)c2)NN1. The molecular formula is C10H14BrN3. The maximum absolute atomic E-state index is 4.25. The first-order valence-electron chi connectivity index (χ1n) is 4.81. The van der Waals surface area contributed by atoms with Crippen molar-refractivity contribution in [1.29, 1.82) is 0 Å². The van der Waals surface area contributed by atoms with E-state index in [9.17, 15) is 0 Å². The first kappa shape index (κ1) is 10.1. The van der Waals surface area contributed by atoms with Crippen molar-refractivity contribution >= 4 is 15.9 Å². The maximum atomic E-state index is 4.25. The van der Waals surface area contributed by atoms with Crippen LogP contribution in [0, 0.1) is 0 Å². The molecule has 4 heteroatoms. The molecule has 2 rings (SSSR count). The molecule has 2 N–H and O–H groups in total. The van der Waals surface area contributed by atoms with Gasteiger partial charge in [-0.3, -0.25) is 15.8 Å². The molecule has 0 amide bonds.